The van der Waals surface area contributed by atoms with E-state index in [4.69, 9.17) is 5.73 Å². The Morgan fingerprint density at radius 3 is 1.87 bits per heavy atom. The third kappa shape index (κ3) is 0.308. The molecule has 0 aromatic heterocycles. The molecule has 15 heavy (non-hydrogen) atoms. The van der Waals surface area contributed by atoms with E-state index in [1.54, 1.807) is 5.56 Å². The van der Waals surface area contributed by atoms with Gasteiger partial charge in [-0.3, -0.25) is 0 Å². The van der Waals surface area contributed by atoms with Crippen molar-refractivity contribution in [3.05, 3.63) is 35.9 Å². The van der Waals surface area contributed by atoms with E-state index in [0.29, 0.717) is 11.0 Å². The van der Waals surface area contributed by atoms with Crippen molar-refractivity contribution in [1.82, 2.24) is 0 Å². The second-order valence-electron chi connectivity index (χ2n) is 6.45. The van der Waals surface area contributed by atoms with Crippen molar-refractivity contribution in [2.45, 2.75) is 11.0 Å². The van der Waals surface area contributed by atoms with E-state index in [1.807, 2.05) is 0 Å². The lowest BCUT2D eigenvalue weighted by atomic mass is 8.94. The first-order chi connectivity index (χ1) is 7.34. The van der Waals surface area contributed by atoms with Gasteiger partial charge in [-0.05, 0) is 41.1 Å². The van der Waals surface area contributed by atoms with Crippen LogP contribution in [0, 0.1) is 35.5 Å². The molecule has 2 N–H and O–H groups in total. The molecule has 0 saturated heterocycles. The van der Waals surface area contributed by atoms with Crippen LogP contribution in [0.5, 0.6) is 0 Å². The fraction of sp³-hybridized carbons (Fsp3) is 0.571. The van der Waals surface area contributed by atoms with Gasteiger partial charge in [0.1, 0.15) is 0 Å². The molecule has 0 amide bonds. The highest BCUT2D eigenvalue weighted by atomic mass is 15.2. The summed E-state index contributed by atoms with van der Waals surface area (Å²) < 4.78 is 0. The van der Waals surface area contributed by atoms with E-state index in [0.717, 1.165) is 35.5 Å². The minimum absolute atomic E-state index is 0.372. The Morgan fingerprint density at radius 2 is 1.33 bits per heavy atom. The Kier molecular flexibility index (Phi) is 0.631. The molecule has 6 fully saturated rings. The number of rotatable bonds is 1. The largest absolute Gasteiger partial charge is 0.324 e. The van der Waals surface area contributed by atoms with Crippen molar-refractivity contribution in [1.29, 1.82) is 0 Å². The van der Waals surface area contributed by atoms with E-state index in [1.165, 1.54) is 0 Å². The summed E-state index contributed by atoms with van der Waals surface area (Å²) >= 11 is 0. The molecule has 1 nitrogen and oxygen atoms in total. The van der Waals surface area contributed by atoms with Gasteiger partial charge in [0.15, 0.2) is 0 Å². The Balaban J connectivity index is 1.57. The lowest BCUT2D eigenvalue weighted by Crippen LogP contribution is -3.16. The van der Waals surface area contributed by atoms with E-state index in [2.05, 4.69) is 30.3 Å². The van der Waals surface area contributed by atoms with Gasteiger partial charge in [-0.25, -0.2) is 0 Å². The van der Waals surface area contributed by atoms with Gasteiger partial charge in [-0.2, -0.15) is 0 Å². The Morgan fingerprint density at radius 1 is 0.800 bits per heavy atom. The predicted octanol–water partition coefficient (Wildman–Crippen LogP) is 1.39. The SMILES string of the molecule is NC12C3C4C1C1C2C3C41c1ccccc1. The average molecular weight is 195 g/mol. The van der Waals surface area contributed by atoms with Crippen LogP contribution >= 0.6 is 0 Å². The van der Waals surface area contributed by atoms with E-state index >= 15 is 0 Å². The van der Waals surface area contributed by atoms with Gasteiger partial charge >= 0.3 is 0 Å². The molecule has 0 bridgehead atoms. The van der Waals surface area contributed by atoms with Crippen molar-refractivity contribution >= 4 is 0 Å². The highest BCUT2D eigenvalue weighted by molar-refractivity contribution is 5.65. The van der Waals surface area contributed by atoms with Crippen molar-refractivity contribution in [2.75, 3.05) is 0 Å². The maximum absolute atomic E-state index is 6.42. The fourth-order valence-electron chi connectivity index (χ4n) is 6.92. The highest BCUT2D eigenvalue weighted by Gasteiger charge is 3.09. The molecule has 6 aliphatic carbocycles. The fourth-order valence-corrected chi connectivity index (χ4v) is 6.92. The van der Waals surface area contributed by atoms with Crippen LogP contribution in [0.15, 0.2) is 30.3 Å². The number of benzene rings is 1. The standard InChI is InChI=1S/C14H13N/c15-14-10-7-11(14)9-12(14)8(10)13(7,9)6-4-2-1-3-5-6/h1-5,7-12H,15H2. The summed E-state index contributed by atoms with van der Waals surface area (Å²) in [5.41, 5.74) is 9.08. The summed E-state index contributed by atoms with van der Waals surface area (Å²) in [5.74, 6) is 5.84. The van der Waals surface area contributed by atoms with Gasteiger partial charge in [-0.15, -0.1) is 0 Å². The lowest BCUT2D eigenvalue weighted by Gasteiger charge is -3.11. The summed E-state index contributed by atoms with van der Waals surface area (Å²) in [6.45, 7) is 0. The molecule has 6 aliphatic rings. The molecular formula is C14H13N. The first kappa shape index (κ1) is 6.70. The van der Waals surface area contributed by atoms with E-state index in [-0.39, 0.29) is 0 Å². The summed E-state index contributed by atoms with van der Waals surface area (Å²) in [4.78, 5) is 0. The minimum Gasteiger partial charge on any atom is -0.324 e. The van der Waals surface area contributed by atoms with Crippen LogP contribution < -0.4 is 5.73 Å². The minimum atomic E-state index is 0.372. The second-order valence-corrected chi connectivity index (χ2v) is 6.45. The molecule has 0 aliphatic heterocycles. The molecular weight excluding hydrogens is 182 g/mol. The van der Waals surface area contributed by atoms with Crippen LogP contribution in [0.1, 0.15) is 5.56 Å². The normalized spacial score (nSPS) is 72.9. The van der Waals surface area contributed by atoms with Crippen LogP contribution in [0.25, 0.3) is 0 Å². The molecule has 0 spiro atoms. The summed E-state index contributed by atoms with van der Waals surface area (Å²) in [5, 5.41) is 0. The first-order valence-electron chi connectivity index (χ1n) is 6.18. The maximum Gasteiger partial charge on any atom is 0.0258 e. The van der Waals surface area contributed by atoms with Gasteiger partial charge in [-0.1, -0.05) is 30.3 Å². The zero-order valence-corrected chi connectivity index (χ0v) is 8.43. The molecule has 7 rings (SSSR count). The van der Waals surface area contributed by atoms with Gasteiger partial charge in [0, 0.05) is 11.0 Å². The second kappa shape index (κ2) is 1.41. The Labute approximate surface area is 88.7 Å². The van der Waals surface area contributed by atoms with Crippen molar-refractivity contribution in [3.63, 3.8) is 0 Å². The summed E-state index contributed by atoms with van der Waals surface area (Å²) in [6.07, 6.45) is 0. The monoisotopic (exact) mass is 195 g/mol. The topological polar surface area (TPSA) is 26.0 Å². The maximum atomic E-state index is 6.42. The lowest BCUT2D eigenvalue weighted by molar-refractivity contribution is -0.588. The molecule has 0 atom stereocenters. The third-order valence-corrected chi connectivity index (χ3v) is 6.98. The van der Waals surface area contributed by atoms with Gasteiger partial charge in [0.05, 0.1) is 0 Å². The summed E-state index contributed by atoms with van der Waals surface area (Å²) in [6, 6.07) is 11.2. The highest BCUT2D eigenvalue weighted by Crippen LogP contribution is 3.05. The van der Waals surface area contributed by atoms with E-state index in [9.17, 15) is 0 Å². The van der Waals surface area contributed by atoms with Crippen molar-refractivity contribution in [2.24, 2.45) is 41.2 Å². The van der Waals surface area contributed by atoms with Crippen molar-refractivity contribution < 1.29 is 0 Å². The number of hydrogen-bond donors (Lipinski definition) is 1. The zero-order chi connectivity index (χ0) is 9.58. The molecule has 0 unspecified atom stereocenters. The molecule has 74 valence electrons. The average Bonchev–Trinajstić information content (AvgIpc) is 2.31. The van der Waals surface area contributed by atoms with Crippen LogP contribution in [-0.4, -0.2) is 5.54 Å². The van der Waals surface area contributed by atoms with Gasteiger partial charge in [0.2, 0.25) is 0 Å². The van der Waals surface area contributed by atoms with Gasteiger partial charge < -0.3 is 5.73 Å². The predicted molar refractivity (Wildman–Crippen MR) is 56.0 cm³/mol. The molecule has 1 aromatic rings. The van der Waals surface area contributed by atoms with Crippen LogP contribution in [-0.2, 0) is 5.41 Å². The molecule has 6 saturated carbocycles. The molecule has 1 aromatic carbocycles. The van der Waals surface area contributed by atoms with Crippen LogP contribution in [0.4, 0.5) is 0 Å². The zero-order valence-electron chi connectivity index (χ0n) is 8.43. The van der Waals surface area contributed by atoms with Crippen LogP contribution in [0.3, 0.4) is 0 Å². The third-order valence-electron chi connectivity index (χ3n) is 6.98. The summed E-state index contributed by atoms with van der Waals surface area (Å²) in [7, 11) is 0. The van der Waals surface area contributed by atoms with E-state index < -0.39 is 0 Å². The Bertz CT molecular complexity index is 464. The van der Waals surface area contributed by atoms with Gasteiger partial charge in [0.25, 0.3) is 0 Å². The molecule has 0 heterocycles. The van der Waals surface area contributed by atoms with Crippen molar-refractivity contribution in [3.8, 4) is 0 Å². The molecule has 1 heteroatoms. The quantitative estimate of drug-likeness (QED) is 0.720. The van der Waals surface area contributed by atoms with Crippen LogP contribution in [0.2, 0.25) is 0 Å². The Hall–Kier alpha value is -0.820. The smallest absolute Gasteiger partial charge is 0.0258 e. The number of hydrogen-bond acceptors (Lipinski definition) is 1. The number of nitrogens with two attached hydrogens (primary N) is 1. The first-order valence-corrected chi connectivity index (χ1v) is 6.18. The molecule has 0 radical (unpaired) electrons.